The second-order valence-electron chi connectivity index (χ2n) is 9.52. The highest BCUT2D eigenvalue weighted by molar-refractivity contribution is 7.85. The predicted molar refractivity (Wildman–Crippen MR) is 144 cm³/mol. The first-order valence-electron chi connectivity index (χ1n) is 12.4. The Bertz CT molecular complexity index is 1590. The van der Waals surface area contributed by atoms with Gasteiger partial charge in [0, 0.05) is 11.3 Å². The first kappa shape index (κ1) is 26.6. The molecule has 0 bridgehead atoms. The van der Waals surface area contributed by atoms with Crippen molar-refractivity contribution in [3.05, 3.63) is 114 Å². The van der Waals surface area contributed by atoms with Gasteiger partial charge in [-0.3, -0.25) is 9.35 Å². The van der Waals surface area contributed by atoms with E-state index < -0.39 is 34.0 Å². The third-order valence-electron chi connectivity index (χ3n) is 7.08. The number of amides is 1. The molecule has 7 nitrogen and oxygen atoms in total. The summed E-state index contributed by atoms with van der Waals surface area (Å²) in [6.45, 7) is 0. The second-order valence-corrected chi connectivity index (χ2v) is 10.9. The van der Waals surface area contributed by atoms with Gasteiger partial charge in [-0.2, -0.15) is 8.42 Å². The fourth-order valence-corrected chi connectivity index (χ4v) is 5.54. The molecule has 3 N–H and O–H groups in total. The van der Waals surface area contributed by atoms with Gasteiger partial charge in [0.25, 0.3) is 10.1 Å². The van der Waals surface area contributed by atoms with E-state index in [1.807, 2.05) is 30.3 Å². The van der Waals surface area contributed by atoms with Crippen LogP contribution in [0.15, 0.2) is 102 Å². The van der Waals surface area contributed by atoms with E-state index >= 15 is 0 Å². The number of β-lactam (4-membered cyclic amide) rings is 1. The van der Waals surface area contributed by atoms with Crippen LogP contribution >= 0.6 is 0 Å². The minimum absolute atomic E-state index is 0.0754. The van der Waals surface area contributed by atoms with Gasteiger partial charge in [-0.25, -0.2) is 4.39 Å². The van der Waals surface area contributed by atoms with Crippen molar-refractivity contribution in [1.29, 1.82) is 0 Å². The van der Waals surface area contributed by atoms with Crippen LogP contribution in [0, 0.1) is 11.7 Å². The molecule has 0 unspecified atom stereocenters. The molecule has 1 aliphatic heterocycles. The van der Waals surface area contributed by atoms with Crippen molar-refractivity contribution in [3.8, 4) is 16.9 Å². The minimum atomic E-state index is -4.34. The Labute approximate surface area is 225 Å². The quantitative estimate of drug-likeness (QED) is 0.194. The summed E-state index contributed by atoms with van der Waals surface area (Å²) in [6, 6.07) is 24.8. The molecule has 4 aromatic carbocycles. The van der Waals surface area contributed by atoms with Crippen molar-refractivity contribution in [1.82, 2.24) is 0 Å². The van der Waals surface area contributed by atoms with Gasteiger partial charge in [-0.15, -0.1) is 0 Å². The third-order valence-corrected chi connectivity index (χ3v) is 7.95. The van der Waals surface area contributed by atoms with Crippen LogP contribution < -0.4 is 4.90 Å². The number of aromatic hydroxyl groups is 1. The van der Waals surface area contributed by atoms with E-state index in [0.717, 1.165) is 5.56 Å². The number of aliphatic hydroxyl groups excluding tert-OH is 1. The van der Waals surface area contributed by atoms with E-state index in [-0.39, 0.29) is 16.6 Å². The normalized spacial score (nSPS) is 18.0. The predicted octanol–water partition coefficient (Wildman–Crippen LogP) is 5.66. The first-order chi connectivity index (χ1) is 18.6. The summed E-state index contributed by atoms with van der Waals surface area (Å²) < 4.78 is 45.5. The molecule has 0 spiro atoms. The number of anilines is 1. The van der Waals surface area contributed by atoms with Gasteiger partial charge in [0.2, 0.25) is 5.91 Å². The number of phenols is 1. The Hall–Kier alpha value is -4.05. The molecule has 1 fully saturated rings. The zero-order valence-corrected chi connectivity index (χ0v) is 21.5. The summed E-state index contributed by atoms with van der Waals surface area (Å²) >= 11 is 0. The number of hydrogen-bond acceptors (Lipinski definition) is 5. The van der Waals surface area contributed by atoms with Gasteiger partial charge in [0.15, 0.2) is 0 Å². The average molecular weight is 548 g/mol. The average Bonchev–Trinajstić information content (AvgIpc) is 2.92. The molecule has 1 saturated heterocycles. The van der Waals surface area contributed by atoms with Crippen molar-refractivity contribution >= 4 is 21.7 Å². The largest absolute Gasteiger partial charge is 0.507 e. The Morgan fingerprint density at radius 1 is 0.897 bits per heavy atom. The molecule has 1 amide bonds. The summed E-state index contributed by atoms with van der Waals surface area (Å²) in [6.07, 6.45) is 0.0240. The Balaban J connectivity index is 1.43. The Kier molecular flexibility index (Phi) is 7.22. The van der Waals surface area contributed by atoms with Crippen LogP contribution in [0.2, 0.25) is 0 Å². The number of nitrogens with zero attached hydrogens (tertiary/aromatic N) is 1. The van der Waals surface area contributed by atoms with Crippen LogP contribution in [0.1, 0.15) is 36.1 Å². The number of aliphatic hydroxyl groups is 1. The Morgan fingerprint density at radius 2 is 1.56 bits per heavy atom. The maximum Gasteiger partial charge on any atom is 0.294 e. The molecular weight excluding hydrogens is 521 g/mol. The zero-order chi connectivity index (χ0) is 27.7. The van der Waals surface area contributed by atoms with Gasteiger partial charge in [0.05, 0.1) is 23.0 Å². The van der Waals surface area contributed by atoms with Crippen molar-refractivity contribution in [3.63, 3.8) is 0 Å². The summed E-state index contributed by atoms with van der Waals surface area (Å²) in [7, 11) is -4.34. The van der Waals surface area contributed by atoms with E-state index in [1.165, 1.54) is 48.5 Å². The van der Waals surface area contributed by atoms with E-state index in [4.69, 9.17) is 0 Å². The van der Waals surface area contributed by atoms with Crippen molar-refractivity contribution in [2.75, 3.05) is 4.90 Å². The summed E-state index contributed by atoms with van der Waals surface area (Å²) in [4.78, 5) is 14.6. The van der Waals surface area contributed by atoms with Crippen LogP contribution in [0.3, 0.4) is 0 Å². The SMILES string of the molecule is O=C1[C@H](CC[C@H](O)c2ccccc2)[C@@H](c2ccc(-c3ccc(S(=O)(=O)O)cc3)c(O)c2)N1c1ccc(F)cc1. The molecule has 0 radical (unpaired) electrons. The Morgan fingerprint density at radius 3 is 2.18 bits per heavy atom. The lowest BCUT2D eigenvalue weighted by atomic mass is 9.78. The van der Waals surface area contributed by atoms with Gasteiger partial charge < -0.3 is 15.1 Å². The summed E-state index contributed by atoms with van der Waals surface area (Å²) in [5, 5.41) is 21.6. The highest BCUT2D eigenvalue weighted by Gasteiger charge is 2.48. The minimum Gasteiger partial charge on any atom is -0.507 e. The highest BCUT2D eigenvalue weighted by atomic mass is 32.2. The molecule has 200 valence electrons. The van der Waals surface area contributed by atoms with Gasteiger partial charge in [0.1, 0.15) is 11.6 Å². The molecule has 0 aliphatic carbocycles. The van der Waals surface area contributed by atoms with Crippen molar-refractivity contribution in [2.24, 2.45) is 5.92 Å². The van der Waals surface area contributed by atoms with E-state index in [1.54, 1.807) is 23.1 Å². The zero-order valence-electron chi connectivity index (χ0n) is 20.7. The van der Waals surface area contributed by atoms with Crippen LogP contribution in [-0.2, 0) is 14.9 Å². The van der Waals surface area contributed by atoms with Crippen LogP contribution in [-0.4, -0.2) is 29.1 Å². The topological polar surface area (TPSA) is 115 Å². The standard InChI is InChI=1S/C30H26FNO6S/c31-22-9-11-23(12-10-22)32-29(26(30(32)35)16-17-27(33)20-4-2-1-3-5-20)21-8-15-25(28(34)18-21)19-6-13-24(14-7-19)39(36,37)38/h1-15,18,26-27,29,33-34H,16-17H2,(H,36,37,38)/t26-,27+,29-/m1/s1. The van der Waals surface area contributed by atoms with Crippen molar-refractivity contribution < 1.29 is 32.4 Å². The second kappa shape index (κ2) is 10.6. The molecule has 0 aromatic heterocycles. The number of phenolic OH excluding ortho intramolecular Hbond substituents is 1. The van der Waals surface area contributed by atoms with Crippen LogP contribution in [0.5, 0.6) is 5.75 Å². The van der Waals surface area contributed by atoms with E-state index in [9.17, 15) is 32.4 Å². The molecule has 5 rings (SSSR count). The maximum absolute atomic E-state index is 13.6. The van der Waals surface area contributed by atoms with Gasteiger partial charge in [-0.05, 0) is 72.0 Å². The van der Waals surface area contributed by atoms with Gasteiger partial charge in [-0.1, -0.05) is 54.6 Å². The van der Waals surface area contributed by atoms with Crippen LogP contribution in [0.4, 0.5) is 10.1 Å². The molecule has 4 aromatic rings. The lowest BCUT2D eigenvalue weighted by Gasteiger charge is -2.48. The summed E-state index contributed by atoms with van der Waals surface area (Å²) in [5.74, 6) is -1.12. The monoisotopic (exact) mass is 547 g/mol. The van der Waals surface area contributed by atoms with Crippen LogP contribution in [0.25, 0.3) is 11.1 Å². The number of halogens is 1. The fourth-order valence-electron chi connectivity index (χ4n) is 5.06. The van der Waals surface area contributed by atoms with Crippen molar-refractivity contribution in [2.45, 2.75) is 29.9 Å². The lowest BCUT2D eigenvalue weighted by Crippen LogP contribution is -2.55. The smallest absolute Gasteiger partial charge is 0.294 e. The number of benzene rings is 4. The molecule has 39 heavy (non-hydrogen) atoms. The fraction of sp³-hybridized carbons (Fsp3) is 0.167. The number of carbonyl (C=O) groups excluding carboxylic acids is 1. The molecule has 0 saturated carbocycles. The van der Waals surface area contributed by atoms with E-state index in [2.05, 4.69) is 0 Å². The lowest BCUT2D eigenvalue weighted by molar-refractivity contribution is -0.131. The first-order valence-corrected chi connectivity index (χ1v) is 13.8. The number of carbonyl (C=O) groups is 1. The number of rotatable bonds is 8. The van der Waals surface area contributed by atoms with E-state index in [0.29, 0.717) is 35.2 Å². The molecule has 1 heterocycles. The maximum atomic E-state index is 13.6. The molecule has 3 atom stereocenters. The third kappa shape index (κ3) is 5.42. The molecule has 1 aliphatic rings. The van der Waals surface area contributed by atoms with Gasteiger partial charge >= 0.3 is 0 Å². The highest BCUT2D eigenvalue weighted by Crippen LogP contribution is 2.47. The number of hydrogen-bond donors (Lipinski definition) is 3. The molecular formula is C30H26FNO6S. The summed E-state index contributed by atoms with van der Waals surface area (Å²) in [5.41, 5.74) is 2.92. The molecule has 9 heteroatoms.